The van der Waals surface area contributed by atoms with Crippen molar-refractivity contribution in [1.29, 1.82) is 0 Å². The van der Waals surface area contributed by atoms with Crippen LogP contribution in [0.15, 0.2) is 53.4 Å². The molecule has 1 aliphatic carbocycles. The number of ether oxygens (including phenoxy) is 1. The van der Waals surface area contributed by atoms with E-state index in [2.05, 4.69) is 4.98 Å². The van der Waals surface area contributed by atoms with Crippen molar-refractivity contribution in [3.05, 3.63) is 54.1 Å². The van der Waals surface area contributed by atoms with Crippen molar-refractivity contribution in [2.75, 3.05) is 14.2 Å². The van der Waals surface area contributed by atoms with Gasteiger partial charge in [-0.1, -0.05) is 49.6 Å². The first kappa shape index (κ1) is 21.6. The van der Waals surface area contributed by atoms with E-state index >= 15 is 0 Å². The largest absolute Gasteiger partial charge is 0.469 e. The minimum absolute atomic E-state index is 0.0466. The van der Waals surface area contributed by atoms with Gasteiger partial charge in [0.05, 0.1) is 24.1 Å². The molecule has 1 fully saturated rings. The van der Waals surface area contributed by atoms with E-state index in [0.29, 0.717) is 0 Å². The standard InChI is InChI=1S/C24H28N2O4S/c1-26(18-10-4-3-5-11-18)31(28,29)19-12-8-9-17(15-19)24-21(16-23(27)30-2)20-13-6-7-14-22(20)25-24/h6-9,12-15,18,25H,3-5,10-11,16H2,1-2H3. The van der Waals surface area contributed by atoms with Crippen molar-refractivity contribution in [2.24, 2.45) is 0 Å². The average molecular weight is 441 g/mol. The topological polar surface area (TPSA) is 79.5 Å². The molecule has 0 radical (unpaired) electrons. The van der Waals surface area contributed by atoms with Crippen LogP contribution < -0.4 is 0 Å². The maximum Gasteiger partial charge on any atom is 0.310 e. The summed E-state index contributed by atoms with van der Waals surface area (Å²) in [6, 6.07) is 14.7. The third-order valence-electron chi connectivity index (χ3n) is 6.25. The predicted octanol–water partition coefficient (Wildman–Crippen LogP) is 4.50. The summed E-state index contributed by atoms with van der Waals surface area (Å²) in [7, 11) is -0.562. The minimum Gasteiger partial charge on any atom is -0.469 e. The second kappa shape index (κ2) is 8.85. The average Bonchev–Trinajstić information content (AvgIpc) is 3.17. The van der Waals surface area contributed by atoms with Crippen molar-refractivity contribution in [2.45, 2.75) is 49.5 Å². The highest BCUT2D eigenvalue weighted by atomic mass is 32.2. The lowest BCUT2D eigenvalue weighted by atomic mass is 9.96. The fraction of sp³-hybridized carbons (Fsp3) is 0.375. The summed E-state index contributed by atoms with van der Waals surface area (Å²) in [6.07, 6.45) is 5.21. The molecule has 0 bridgehead atoms. The molecular weight excluding hydrogens is 412 g/mol. The lowest BCUT2D eigenvalue weighted by Crippen LogP contribution is -2.38. The fourth-order valence-electron chi connectivity index (χ4n) is 4.47. The molecule has 164 valence electrons. The maximum absolute atomic E-state index is 13.3. The van der Waals surface area contributed by atoms with Gasteiger partial charge < -0.3 is 9.72 Å². The third-order valence-corrected chi connectivity index (χ3v) is 8.16. The Bertz CT molecular complexity index is 1190. The van der Waals surface area contributed by atoms with Crippen LogP contribution in [0.25, 0.3) is 22.2 Å². The molecule has 1 aliphatic rings. The number of aromatic amines is 1. The molecule has 0 saturated heterocycles. The summed E-state index contributed by atoms with van der Waals surface area (Å²) in [5.41, 5.74) is 3.17. The number of fused-ring (bicyclic) bond motifs is 1. The summed E-state index contributed by atoms with van der Waals surface area (Å²) >= 11 is 0. The van der Waals surface area contributed by atoms with Crippen molar-refractivity contribution in [3.8, 4) is 11.3 Å². The third kappa shape index (κ3) is 4.25. The Hall–Kier alpha value is -2.64. The highest BCUT2D eigenvalue weighted by molar-refractivity contribution is 7.89. The number of esters is 1. The molecule has 1 saturated carbocycles. The Balaban J connectivity index is 1.75. The van der Waals surface area contributed by atoms with E-state index in [0.717, 1.165) is 53.4 Å². The summed E-state index contributed by atoms with van der Waals surface area (Å²) in [4.78, 5) is 15.7. The molecule has 4 rings (SSSR count). The van der Waals surface area contributed by atoms with Gasteiger partial charge in [0.2, 0.25) is 10.0 Å². The normalized spacial score (nSPS) is 15.5. The number of nitrogens with one attached hydrogen (secondary N) is 1. The van der Waals surface area contributed by atoms with Crippen LogP contribution in [0.1, 0.15) is 37.7 Å². The van der Waals surface area contributed by atoms with Gasteiger partial charge in [-0.25, -0.2) is 8.42 Å². The van der Waals surface area contributed by atoms with Crippen LogP contribution in [0.4, 0.5) is 0 Å². The number of sulfonamides is 1. The van der Waals surface area contributed by atoms with E-state index in [4.69, 9.17) is 4.74 Å². The fourth-order valence-corrected chi connectivity index (χ4v) is 5.93. The Kier molecular flexibility index (Phi) is 6.16. The van der Waals surface area contributed by atoms with E-state index in [-0.39, 0.29) is 23.3 Å². The zero-order valence-corrected chi connectivity index (χ0v) is 18.7. The van der Waals surface area contributed by atoms with Gasteiger partial charge in [0.25, 0.3) is 0 Å². The number of rotatable bonds is 6. The van der Waals surface area contributed by atoms with E-state index in [9.17, 15) is 13.2 Å². The zero-order valence-electron chi connectivity index (χ0n) is 17.9. The van der Waals surface area contributed by atoms with Gasteiger partial charge in [0, 0.05) is 24.0 Å². The molecule has 0 unspecified atom stereocenters. The van der Waals surface area contributed by atoms with Crippen LogP contribution in [-0.4, -0.2) is 43.9 Å². The molecule has 1 aromatic heterocycles. The van der Waals surface area contributed by atoms with Crippen LogP contribution in [-0.2, 0) is 26.0 Å². The Morgan fingerprint density at radius 3 is 2.58 bits per heavy atom. The number of carbonyl (C=O) groups excluding carboxylic acids is 1. The molecule has 1 N–H and O–H groups in total. The van der Waals surface area contributed by atoms with Crippen LogP contribution in [0, 0.1) is 0 Å². The summed E-state index contributed by atoms with van der Waals surface area (Å²) in [5, 5.41) is 0.926. The van der Waals surface area contributed by atoms with Gasteiger partial charge in [0.1, 0.15) is 0 Å². The van der Waals surface area contributed by atoms with Crippen molar-refractivity contribution in [3.63, 3.8) is 0 Å². The maximum atomic E-state index is 13.3. The van der Waals surface area contributed by atoms with E-state index in [1.54, 1.807) is 25.2 Å². The molecule has 1 heterocycles. The number of H-pyrrole nitrogens is 1. The molecule has 7 heteroatoms. The number of aromatic nitrogens is 1. The van der Waals surface area contributed by atoms with E-state index in [1.165, 1.54) is 17.8 Å². The van der Waals surface area contributed by atoms with Gasteiger partial charge in [-0.3, -0.25) is 4.79 Å². The number of para-hydroxylation sites is 1. The highest BCUT2D eigenvalue weighted by Crippen LogP contribution is 2.33. The molecule has 0 atom stereocenters. The predicted molar refractivity (Wildman–Crippen MR) is 121 cm³/mol. The summed E-state index contributed by atoms with van der Waals surface area (Å²) < 4.78 is 33.1. The van der Waals surface area contributed by atoms with Crippen molar-refractivity contribution >= 4 is 26.9 Å². The van der Waals surface area contributed by atoms with Crippen LogP contribution in [0.2, 0.25) is 0 Å². The van der Waals surface area contributed by atoms with Crippen molar-refractivity contribution < 1.29 is 17.9 Å². The number of benzene rings is 2. The van der Waals surface area contributed by atoms with E-state index < -0.39 is 10.0 Å². The Morgan fingerprint density at radius 2 is 1.84 bits per heavy atom. The number of methoxy groups -OCH3 is 1. The number of hydrogen-bond donors (Lipinski definition) is 1. The summed E-state index contributed by atoms with van der Waals surface area (Å²) in [6.45, 7) is 0. The molecule has 6 nitrogen and oxygen atoms in total. The van der Waals surface area contributed by atoms with Crippen LogP contribution in [0.5, 0.6) is 0 Å². The van der Waals surface area contributed by atoms with Gasteiger partial charge in [-0.15, -0.1) is 0 Å². The van der Waals surface area contributed by atoms with Crippen LogP contribution >= 0.6 is 0 Å². The second-order valence-corrected chi connectivity index (χ2v) is 10.1. The molecule has 31 heavy (non-hydrogen) atoms. The van der Waals surface area contributed by atoms with E-state index in [1.807, 2.05) is 30.3 Å². The lowest BCUT2D eigenvalue weighted by molar-refractivity contribution is -0.139. The molecule has 3 aromatic rings. The molecule has 2 aromatic carbocycles. The first-order chi connectivity index (χ1) is 14.9. The SMILES string of the molecule is COC(=O)Cc1c(-c2cccc(S(=O)(=O)N(C)C3CCCCC3)c2)[nH]c2ccccc12. The number of hydrogen-bond acceptors (Lipinski definition) is 4. The minimum atomic E-state index is -3.61. The van der Waals surface area contributed by atoms with Gasteiger partial charge in [0.15, 0.2) is 0 Å². The molecular formula is C24H28N2O4S. The quantitative estimate of drug-likeness (QED) is 0.572. The van der Waals surface area contributed by atoms with Gasteiger partial charge >= 0.3 is 5.97 Å². The van der Waals surface area contributed by atoms with Gasteiger partial charge in [-0.05, 0) is 42.2 Å². The zero-order chi connectivity index (χ0) is 22.0. The lowest BCUT2D eigenvalue weighted by Gasteiger charge is -2.30. The Morgan fingerprint density at radius 1 is 1.10 bits per heavy atom. The molecule has 0 spiro atoms. The number of carbonyl (C=O) groups is 1. The first-order valence-corrected chi connectivity index (χ1v) is 12.1. The Labute approximate surface area is 183 Å². The van der Waals surface area contributed by atoms with Crippen LogP contribution in [0.3, 0.4) is 0 Å². The smallest absolute Gasteiger partial charge is 0.310 e. The first-order valence-electron chi connectivity index (χ1n) is 10.7. The monoisotopic (exact) mass is 440 g/mol. The molecule has 0 aliphatic heterocycles. The van der Waals surface area contributed by atoms with Gasteiger partial charge in [-0.2, -0.15) is 4.31 Å². The number of nitrogens with zero attached hydrogens (tertiary/aromatic N) is 1. The van der Waals surface area contributed by atoms with Crippen molar-refractivity contribution in [1.82, 2.24) is 9.29 Å². The highest BCUT2D eigenvalue weighted by Gasteiger charge is 2.29. The molecule has 0 amide bonds. The summed E-state index contributed by atoms with van der Waals surface area (Å²) in [5.74, 6) is -0.341. The second-order valence-electron chi connectivity index (χ2n) is 8.12.